The lowest BCUT2D eigenvalue weighted by Gasteiger charge is -2.18. The highest BCUT2D eigenvalue weighted by Gasteiger charge is 2.19. The summed E-state index contributed by atoms with van der Waals surface area (Å²) in [7, 11) is 0. The number of ether oxygens (including phenoxy) is 3. The van der Waals surface area contributed by atoms with Crippen molar-refractivity contribution >= 4 is 17.9 Å². The minimum atomic E-state index is -0.762. The zero-order valence-corrected chi connectivity index (χ0v) is 36.3. The molecular weight excluding hydrogens is 661 g/mol. The summed E-state index contributed by atoms with van der Waals surface area (Å²) in [5.41, 5.74) is 0. The molecule has 0 aromatic rings. The lowest BCUT2D eigenvalue weighted by atomic mass is 10.00. The van der Waals surface area contributed by atoms with Crippen LogP contribution in [0.4, 0.5) is 0 Å². The fraction of sp³-hybridized carbons (Fsp3) is 0.936. The van der Waals surface area contributed by atoms with E-state index in [1.165, 1.54) is 128 Å². The molecule has 0 fully saturated rings. The van der Waals surface area contributed by atoms with E-state index in [2.05, 4.69) is 41.5 Å². The second-order valence-electron chi connectivity index (χ2n) is 17.2. The largest absolute Gasteiger partial charge is 0.462 e. The molecule has 6 heteroatoms. The van der Waals surface area contributed by atoms with Gasteiger partial charge in [0.25, 0.3) is 0 Å². The van der Waals surface area contributed by atoms with Gasteiger partial charge in [-0.1, -0.05) is 208 Å². The zero-order chi connectivity index (χ0) is 39.2. The van der Waals surface area contributed by atoms with E-state index in [0.717, 1.165) is 75.5 Å². The standard InChI is InChI=1S/C47H90O6/c1-7-43(6)35-29-23-19-20-26-32-38-47(50)53-44(40-52-46(49)37-31-25-18-14-10-12-16-22-28-34-42(4)5)39-51-45(48)36-30-24-17-13-9-8-11-15-21-27-33-41(2)3/h41-44H,7-40H2,1-6H3/t43?,44-/m1/s1. The predicted octanol–water partition coefficient (Wildman–Crippen LogP) is 14.4. The van der Waals surface area contributed by atoms with E-state index < -0.39 is 6.10 Å². The number of esters is 3. The van der Waals surface area contributed by atoms with Crippen molar-refractivity contribution in [1.29, 1.82) is 0 Å². The van der Waals surface area contributed by atoms with Gasteiger partial charge >= 0.3 is 17.9 Å². The molecule has 0 rings (SSSR count). The third-order valence-corrected chi connectivity index (χ3v) is 10.8. The van der Waals surface area contributed by atoms with Gasteiger partial charge in [0, 0.05) is 19.3 Å². The minimum Gasteiger partial charge on any atom is -0.462 e. The van der Waals surface area contributed by atoms with Crippen LogP contribution in [0.5, 0.6) is 0 Å². The topological polar surface area (TPSA) is 78.9 Å². The highest BCUT2D eigenvalue weighted by atomic mass is 16.6. The van der Waals surface area contributed by atoms with E-state index in [1.807, 2.05) is 0 Å². The zero-order valence-electron chi connectivity index (χ0n) is 36.3. The third-order valence-electron chi connectivity index (χ3n) is 10.8. The van der Waals surface area contributed by atoms with E-state index in [9.17, 15) is 14.4 Å². The summed E-state index contributed by atoms with van der Waals surface area (Å²) in [4.78, 5) is 37.7. The number of unbranched alkanes of at least 4 members (excludes halogenated alkanes) is 22. The quantitative estimate of drug-likeness (QED) is 0.0352. The number of carbonyl (C=O) groups is 3. The average Bonchev–Trinajstić information content (AvgIpc) is 3.12. The normalized spacial score (nSPS) is 12.7. The Bertz CT molecular complexity index is 824. The van der Waals surface area contributed by atoms with E-state index in [4.69, 9.17) is 14.2 Å². The molecule has 0 bridgehead atoms. The minimum absolute atomic E-state index is 0.0668. The molecule has 1 unspecified atom stereocenters. The van der Waals surface area contributed by atoms with Crippen LogP contribution in [-0.4, -0.2) is 37.2 Å². The average molecular weight is 751 g/mol. The number of rotatable bonds is 40. The summed E-state index contributed by atoms with van der Waals surface area (Å²) in [5, 5.41) is 0. The van der Waals surface area contributed by atoms with Gasteiger partial charge in [-0.2, -0.15) is 0 Å². The maximum absolute atomic E-state index is 12.7. The second kappa shape index (κ2) is 38.7. The van der Waals surface area contributed by atoms with Crippen LogP contribution in [0.25, 0.3) is 0 Å². The first-order valence-corrected chi connectivity index (χ1v) is 23.1. The van der Waals surface area contributed by atoms with Gasteiger partial charge in [-0.25, -0.2) is 0 Å². The van der Waals surface area contributed by atoms with Crippen LogP contribution in [-0.2, 0) is 28.6 Å². The number of carbonyl (C=O) groups excluding carboxylic acids is 3. The molecule has 0 aromatic heterocycles. The van der Waals surface area contributed by atoms with Gasteiger partial charge in [-0.15, -0.1) is 0 Å². The van der Waals surface area contributed by atoms with Crippen LogP contribution in [0.1, 0.15) is 247 Å². The van der Waals surface area contributed by atoms with Gasteiger partial charge < -0.3 is 14.2 Å². The predicted molar refractivity (Wildman–Crippen MR) is 224 cm³/mol. The van der Waals surface area contributed by atoms with E-state index >= 15 is 0 Å². The molecule has 314 valence electrons. The van der Waals surface area contributed by atoms with Crippen LogP contribution in [0, 0.1) is 17.8 Å². The SMILES string of the molecule is CCC(C)CCCCCCCCC(=O)O[C@H](COC(=O)CCCCCCCCCCCCC(C)C)COC(=O)CCCCCCCCCCCC(C)C. The van der Waals surface area contributed by atoms with Crippen LogP contribution >= 0.6 is 0 Å². The highest BCUT2D eigenvalue weighted by molar-refractivity contribution is 5.71. The third kappa shape index (κ3) is 39.9. The molecule has 0 N–H and O–H groups in total. The summed E-state index contributed by atoms with van der Waals surface area (Å²) in [6.45, 7) is 13.6. The maximum Gasteiger partial charge on any atom is 0.306 e. The summed E-state index contributed by atoms with van der Waals surface area (Å²) >= 11 is 0. The van der Waals surface area contributed by atoms with Gasteiger partial charge in [0.2, 0.25) is 0 Å². The summed E-state index contributed by atoms with van der Waals surface area (Å²) in [6, 6.07) is 0. The number of hydrogen-bond acceptors (Lipinski definition) is 6. The summed E-state index contributed by atoms with van der Waals surface area (Å²) in [6.07, 6.45) is 35.2. The molecular formula is C47H90O6. The van der Waals surface area contributed by atoms with Crippen molar-refractivity contribution in [2.24, 2.45) is 17.8 Å². The molecule has 0 spiro atoms. The van der Waals surface area contributed by atoms with Gasteiger partial charge in [0.05, 0.1) is 0 Å². The Balaban J connectivity index is 4.34. The van der Waals surface area contributed by atoms with Crippen molar-refractivity contribution in [3.63, 3.8) is 0 Å². The molecule has 6 nitrogen and oxygen atoms in total. The molecule has 0 saturated heterocycles. The smallest absolute Gasteiger partial charge is 0.306 e. The summed E-state index contributed by atoms with van der Waals surface area (Å²) in [5.74, 6) is 1.57. The molecule has 0 aliphatic heterocycles. The van der Waals surface area contributed by atoms with Gasteiger partial charge in [0.15, 0.2) is 6.10 Å². The second-order valence-corrected chi connectivity index (χ2v) is 17.2. The maximum atomic E-state index is 12.7. The van der Waals surface area contributed by atoms with E-state index in [-0.39, 0.29) is 31.1 Å². The van der Waals surface area contributed by atoms with E-state index in [0.29, 0.717) is 19.3 Å². The molecule has 53 heavy (non-hydrogen) atoms. The Morgan fingerprint density at radius 2 is 0.660 bits per heavy atom. The fourth-order valence-electron chi connectivity index (χ4n) is 6.85. The van der Waals surface area contributed by atoms with Crippen molar-refractivity contribution in [3.05, 3.63) is 0 Å². The first-order chi connectivity index (χ1) is 25.6. The first-order valence-electron chi connectivity index (χ1n) is 23.1. The van der Waals surface area contributed by atoms with Crippen molar-refractivity contribution in [2.45, 2.75) is 253 Å². The van der Waals surface area contributed by atoms with Crippen molar-refractivity contribution in [1.82, 2.24) is 0 Å². The van der Waals surface area contributed by atoms with Crippen LogP contribution < -0.4 is 0 Å². The Hall–Kier alpha value is -1.59. The van der Waals surface area contributed by atoms with Crippen LogP contribution in [0.15, 0.2) is 0 Å². The van der Waals surface area contributed by atoms with Crippen molar-refractivity contribution in [3.8, 4) is 0 Å². The molecule has 0 aliphatic carbocycles. The lowest BCUT2D eigenvalue weighted by molar-refractivity contribution is -0.167. The molecule has 0 aromatic carbocycles. The highest BCUT2D eigenvalue weighted by Crippen LogP contribution is 2.17. The molecule has 0 radical (unpaired) electrons. The molecule has 0 heterocycles. The fourth-order valence-corrected chi connectivity index (χ4v) is 6.85. The first kappa shape index (κ1) is 51.4. The van der Waals surface area contributed by atoms with Crippen LogP contribution in [0.3, 0.4) is 0 Å². The Morgan fingerprint density at radius 1 is 0.377 bits per heavy atom. The van der Waals surface area contributed by atoms with Gasteiger partial charge in [-0.05, 0) is 37.0 Å². The van der Waals surface area contributed by atoms with Crippen molar-refractivity contribution in [2.75, 3.05) is 13.2 Å². The Morgan fingerprint density at radius 3 is 0.981 bits per heavy atom. The number of hydrogen-bond donors (Lipinski definition) is 0. The molecule has 2 atom stereocenters. The molecule has 0 saturated carbocycles. The lowest BCUT2D eigenvalue weighted by Crippen LogP contribution is -2.30. The molecule has 0 aliphatic rings. The Labute approximate surface area is 329 Å². The van der Waals surface area contributed by atoms with Crippen LogP contribution in [0.2, 0.25) is 0 Å². The van der Waals surface area contributed by atoms with E-state index in [1.54, 1.807) is 0 Å². The Kier molecular flexibility index (Phi) is 37.5. The van der Waals surface area contributed by atoms with Crippen molar-refractivity contribution < 1.29 is 28.6 Å². The summed E-state index contributed by atoms with van der Waals surface area (Å²) < 4.78 is 16.7. The monoisotopic (exact) mass is 751 g/mol. The van der Waals surface area contributed by atoms with Gasteiger partial charge in [-0.3, -0.25) is 14.4 Å². The van der Waals surface area contributed by atoms with Gasteiger partial charge in [0.1, 0.15) is 13.2 Å². The molecule has 0 amide bonds.